The third kappa shape index (κ3) is 2.36. The first-order chi connectivity index (χ1) is 8.26. The fourth-order valence-electron chi connectivity index (χ4n) is 1.88. The molecule has 6 heteroatoms. The van der Waals surface area contributed by atoms with Gasteiger partial charge in [-0.05, 0) is 13.5 Å². The van der Waals surface area contributed by atoms with Gasteiger partial charge in [0.05, 0.1) is 30.0 Å². The van der Waals surface area contributed by atoms with Gasteiger partial charge in [-0.3, -0.25) is 0 Å². The Morgan fingerprint density at radius 2 is 2.24 bits per heavy atom. The predicted octanol–water partition coefficient (Wildman–Crippen LogP) is 0.730. The first-order valence-electron chi connectivity index (χ1n) is 5.85. The van der Waals surface area contributed by atoms with Crippen LogP contribution in [0, 0.1) is 0 Å². The third-order valence-electron chi connectivity index (χ3n) is 2.67. The zero-order valence-electron chi connectivity index (χ0n) is 10.5. The average molecular weight is 234 g/mol. The summed E-state index contributed by atoms with van der Waals surface area (Å²) in [6.45, 7) is 5.82. The lowest BCUT2D eigenvalue weighted by molar-refractivity contribution is 0.528. The first-order valence-corrected chi connectivity index (χ1v) is 5.85. The molecule has 0 bridgehead atoms. The Balaban J connectivity index is 2.35. The average Bonchev–Trinajstić information content (AvgIpc) is 2.94. The van der Waals surface area contributed by atoms with E-state index >= 15 is 0 Å². The van der Waals surface area contributed by atoms with Crippen molar-refractivity contribution in [1.29, 1.82) is 0 Å². The summed E-state index contributed by atoms with van der Waals surface area (Å²) in [5, 5.41) is 11.4. The van der Waals surface area contributed by atoms with Gasteiger partial charge in [0.1, 0.15) is 0 Å². The van der Waals surface area contributed by atoms with Crippen LogP contribution in [0.3, 0.4) is 0 Å². The van der Waals surface area contributed by atoms with Crippen molar-refractivity contribution in [3.05, 3.63) is 30.1 Å². The molecule has 0 aliphatic carbocycles. The molecule has 0 aliphatic heterocycles. The molecule has 2 heterocycles. The molecule has 0 saturated heterocycles. The van der Waals surface area contributed by atoms with Gasteiger partial charge in [0.25, 0.3) is 0 Å². The molecular weight excluding hydrogens is 216 g/mol. The molecule has 0 radical (unpaired) electrons. The summed E-state index contributed by atoms with van der Waals surface area (Å²) in [6.07, 6.45) is 5.62. The summed E-state index contributed by atoms with van der Waals surface area (Å²) in [5.41, 5.74) is 2.04. The quantitative estimate of drug-likeness (QED) is 0.828. The van der Waals surface area contributed by atoms with Crippen LogP contribution in [0.15, 0.2) is 18.7 Å². The number of aryl methyl sites for hydroxylation is 2. The molecule has 0 aromatic carbocycles. The van der Waals surface area contributed by atoms with Gasteiger partial charge in [0.15, 0.2) is 0 Å². The smallest absolute Gasteiger partial charge is 0.0953 e. The molecule has 0 amide bonds. The fourth-order valence-corrected chi connectivity index (χ4v) is 1.88. The molecule has 6 nitrogen and oxygen atoms in total. The van der Waals surface area contributed by atoms with Gasteiger partial charge in [-0.2, -0.15) is 0 Å². The van der Waals surface area contributed by atoms with E-state index in [0.717, 1.165) is 24.5 Å². The lowest BCUT2D eigenvalue weighted by Crippen LogP contribution is -2.25. The summed E-state index contributed by atoms with van der Waals surface area (Å²) in [5.74, 6) is 0. The second kappa shape index (κ2) is 5.09. The van der Waals surface area contributed by atoms with Crippen molar-refractivity contribution in [2.75, 3.05) is 6.54 Å². The molecular formula is C11H18N6. The minimum atomic E-state index is 0.0520. The highest BCUT2D eigenvalue weighted by Crippen LogP contribution is 2.19. The van der Waals surface area contributed by atoms with Crippen molar-refractivity contribution in [1.82, 2.24) is 29.9 Å². The Hall–Kier alpha value is -1.69. The monoisotopic (exact) mass is 234 g/mol. The number of aromatic nitrogens is 5. The zero-order chi connectivity index (χ0) is 12.3. The van der Waals surface area contributed by atoms with Crippen LogP contribution >= 0.6 is 0 Å². The Labute approximate surface area is 101 Å². The minimum absolute atomic E-state index is 0.0520. The number of hydrogen-bond donors (Lipinski definition) is 1. The zero-order valence-corrected chi connectivity index (χ0v) is 10.5. The molecule has 1 N–H and O–H groups in total. The van der Waals surface area contributed by atoms with Crippen LogP contribution in [0.1, 0.15) is 31.3 Å². The molecule has 1 unspecified atom stereocenters. The Morgan fingerprint density at radius 3 is 2.82 bits per heavy atom. The fraction of sp³-hybridized carbons (Fsp3) is 0.545. The predicted molar refractivity (Wildman–Crippen MR) is 64.4 cm³/mol. The van der Waals surface area contributed by atoms with E-state index in [2.05, 4.69) is 34.5 Å². The highest BCUT2D eigenvalue weighted by molar-refractivity contribution is 5.18. The van der Waals surface area contributed by atoms with Crippen LogP contribution in [-0.4, -0.2) is 31.1 Å². The van der Waals surface area contributed by atoms with Crippen molar-refractivity contribution in [3.63, 3.8) is 0 Å². The first kappa shape index (κ1) is 11.8. The number of nitrogens with one attached hydrogen (secondary N) is 1. The maximum atomic E-state index is 4.40. The van der Waals surface area contributed by atoms with Gasteiger partial charge in [-0.15, -0.1) is 5.10 Å². The topological polar surface area (TPSA) is 60.6 Å². The van der Waals surface area contributed by atoms with E-state index in [-0.39, 0.29) is 6.04 Å². The van der Waals surface area contributed by atoms with Crippen LogP contribution in [-0.2, 0) is 13.6 Å². The van der Waals surface area contributed by atoms with Gasteiger partial charge in [0.2, 0.25) is 0 Å². The van der Waals surface area contributed by atoms with Crippen LogP contribution in [0.2, 0.25) is 0 Å². The molecule has 0 spiro atoms. The number of hydrogen-bond acceptors (Lipinski definition) is 4. The lowest BCUT2D eigenvalue weighted by Gasteiger charge is -2.16. The summed E-state index contributed by atoms with van der Waals surface area (Å²) >= 11 is 0. The van der Waals surface area contributed by atoms with Crippen LogP contribution in [0.25, 0.3) is 0 Å². The molecule has 0 fully saturated rings. The minimum Gasteiger partial charge on any atom is -0.340 e. The number of nitrogens with zero attached hydrogens (tertiary/aromatic N) is 5. The highest BCUT2D eigenvalue weighted by Gasteiger charge is 2.19. The van der Waals surface area contributed by atoms with Crippen LogP contribution in [0.4, 0.5) is 0 Å². The molecule has 0 saturated carbocycles. The van der Waals surface area contributed by atoms with Gasteiger partial charge >= 0.3 is 0 Å². The van der Waals surface area contributed by atoms with E-state index in [1.165, 1.54) is 0 Å². The molecule has 2 aromatic heterocycles. The van der Waals surface area contributed by atoms with E-state index < -0.39 is 0 Å². The van der Waals surface area contributed by atoms with E-state index in [1.807, 2.05) is 22.5 Å². The van der Waals surface area contributed by atoms with Crippen LogP contribution < -0.4 is 5.32 Å². The Bertz CT molecular complexity index is 472. The van der Waals surface area contributed by atoms with Gasteiger partial charge in [-0.25, -0.2) is 9.67 Å². The molecule has 2 aromatic rings. The molecule has 1 atom stereocenters. The maximum Gasteiger partial charge on any atom is 0.0953 e. The van der Waals surface area contributed by atoms with Crippen molar-refractivity contribution in [2.45, 2.75) is 26.4 Å². The summed E-state index contributed by atoms with van der Waals surface area (Å²) in [7, 11) is 1.97. The Morgan fingerprint density at radius 1 is 1.41 bits per heavy atom. The molecule has 17 heavy (non-hydrogen) atoms. The van der Waals surface area contributed by atoms with Crippen molar-refractivity contribution >= 4 is 0 Å². The maximum absolute atomic E-state index is 4.40. The number of imidazole rings is 1. The summed E-state index contributed by atoms with van der Waals surface area (Å²) < 4.78 is 3.84. The van der Waals surface area contributed by atoms with Crippen molar-refractivity contribution in [3.8, 4) is 0 Å². The summed E-state index contributed by atoms with van der Waals surface area (Å²) in [4.78, 5) is 4.40. The van der Waals surface area contributed by atoms with Crippen molar-refractivity contribution in [2.24, 2.45) is 7.05 Å². The van der Waals surface area contributed by atoms with Crippen molar-refractivity contribution < 1.29 is 0 Å². The SMILES string of the molecule is CCNC(c1cn(C)cn1)c1cnnn1CC. The highest BCUT2D eigenvalue weighted by atomic mass is 15.4. The van der Waals surface area contributed by atoms with E-state index in [4.69, 9.17) is 0 Å². The second-order valence-corrected chi connectivity index (χ2v) is 3.93. The standard InChI is InChI=1S/C11H18N6/c1-4-12-11(9-7-16(3)8-13-9)10-6-14-15-17(10)5-2/h6-8,11-12H,4-5H2,1-3H3. The van der Waals surface area contributed by atoms with Crippen LogP contribution in [0.5, 0.6) is 0 Å². The third-order valence-corrected chi connectivity index (χ3v) is 2.67. The molecule has 0 aliphatic rings. The largest absolute Gasteiger partial charge is 0.340 e. The molecule has 92 valence electrons. The van der Waals surface area contributed by atoms with Gasteiger partial charge in [-0.1, -0.05) is 12.1 Å². The van der Waals surface area contributed by atoms with Gasteiger partial charge in [0, 0.05) is 19.8 Å². The second-order valence-electron chi connectivity index (χ2n) is 3.93. The van der Waals surface area contributed by atoms with E-state index in [0.29, 0.717) is 0 Å². The lowest BCUT2D eigenvalue weighted by atomic mass is 10.1. The number of rotatable bonds is 5. The van der Waals surface area contributed by atoms with Gasteiger partial charge < -0.3 is 9.88 Å². The Kier molecular flexibility index (Phi) is 3.53. The summed E-state index contributed by atoms with van der Waals surface area (Å²) in [6, 6.07) is 0.0520. The normalized spacial score (nSPS) is 12.9. The van der Waals surface area contributed by atoms with E-state index in [9.17, 15) is 0 Å². The van der Waals surface area contributed by atoms with E-state index in [1.54, 1.807) is 12.5 Å². The molecule has 2 rings (SSSR count).